The maximum atomic E-state index is 12.9. The number of rotatable bonds is 4. The van der Waals surface area contributed by atoms with Gasteiger partial charge in [-0.25, -0.2) is 23.1 Å². The van der Waals surface area contributed by atoms with Crippen molar-refractivity contribution in [2.24, 2.45) is 5.92 Å². The normalized spacial score (nSPS) is 16.1. The van der Waals surface area contributed by atoms with Crippen molar-refractivity contribution in [2.45, 2.75) is 45.6 Å². The number of hydrogen-bond donors (Lipinski definition) is 2. The first-order chi connectivity index (χ1) is 13.5. The fraction of sp³-hybridized carbons (Fsp3) is 0.368. The Morgan fingerprint density at radius 2 is 1.93 bits per heavy atom. The van der Waals surface area contributed by atoms with Crippen molar-refractivity contribution >= 4 is 27.5 Å². The number of hydrogen-bond acceptors (Lipinski definition) is 7. The molecular formula is C19H22N4O5S. The van der Waals surface area contributed by atoms with Crippen LogP contribution in [0.25, 0.3) is 0 Å². The lowest BCUT2D eigenvalue weighted by atomic mass is 10.0. The molecule has 0 unspecified atom stereocenters. The molecule has 0 fully saturated rings. The first kappa shape index (κ1) is 20.7. The highest BCUT2D eigenvalue weighted by molar-refractivity contribution is 7.90. The van der Waals surface area contributed by atoms with Gasteiger partial charge in [-0.15, -0.1) is 0 Å². The number of carbonyl (C=O) groups excluding carboxylic acids is 2. The second kappa shape index (κ2) is 7.43. The Morgan fingerprint density at radius 1 is 1.24 bits per heavy atom. The quantitative estimate of drug-likeness (QED) is 0.776. The molecule has 1 aliphatic rings. The van der Waals surface area contributed by atoms with Crippen molar-refractivity contribution in [3.05, 3.63) is 41.0 Å². The van der Waals surface area contributed by atoms with Crippen LogP contribution in [0.2, 0.25) is 0 Å². The van der Waals surface area contributed by atoms with Gasteiger partial charge >= 0.3 is 0 Å². The SMILES string of the molecule is Cc1ncc(C(=O)NS(=O)(=O)c2cc3c(cc2C)NC(=O)[C@H](C(C)C)O3)c(C)n1. The molecule has 10 heteroatoms. The molecule has 0 saturated carbocycles. The Bertz CT molecular complexity index is 1110. The van der Waals surface area contributed by atoms with Gasteiger partial charge in [-0.2, -0.15) is 0 Å². The number of nitrogens with zero attached hydrogens (tertiary/aromatic N) is 2. The fourth-order valence-corrected chi connectivity index (χ4v) is 4.23. The zero-order chi connectivity index (χ0) is 21.5. The highest BCUT2D eigenvalue weighted by Crippen LogP contribution is 2.35. The van der Waals surface area contributed by atoms with Crippen LogP contribution < -0.4 is 14.8 Å². The number of amides is 2. The molecule has 154 valence electrons. The van der Waals surface area contributed by atoms with Crippen LogP contribution in [-0.4, -0.2) is 36.3 Å². The molecule has 1 aliphatic heterocycles. The Kier molecular flexibility index (Phi) is 5.31. The lowest BCUT2D eigenvalue weighted by Crippen LogP contribution is -2.40. The van der Waals surface area contributed by atoms with Crippen molar-refractivity contribution in [3.63, 3.8) is 0 Å². The van der Waals surface area contributed by atoms with Crippen LogP contribution in [0.4, 0.5) is 5.69 Å². The number of benzene rings is 1. The van der Waals surface area contributed by atoms with Crippen LogP contribution >= 0.6 is 0 Å². The van der Waals surface area contributed by atoms with E-state index in [0.717, 1.165) is 0 Å². The Morgan fingerprint density at radius 3 is 2.55 bits per heavy atom. The number of sulfonamides is 1. The van der Waals surface area contributed by atoms with E-state index in [2.05, 4.69) is 15.3 Å². The molecule has 0 radical (unpaired) electrons. The zero-order valence-electron chi connectivity index (χ0n) is 16.7. The number of anilines is 1. The van der Waals surface area contributed by atoms with Crippen LogP contribution in [0, 0.1) is 26.7 Å². The molecule has 2 N–H and O–H groups in total. The average molecular weight is 418 g/mol. The minimum Gasteiger partial charge on any atom is -0.478 e. The predicted molar refractivity (Wildman–Crippen MR) is 105 cm³/mol. The van der Waals surface area contributed by atoms with E-state index in [1.807, 2.05) is 18.6 Å². The van der Waals surface area contributed by atoms with E-state index in [1.54, 1.807) is 20.8 Å². The third kappa shape index (κ3) is 4.07. The summed E-state index contributed by atoms with van der Waals surface area (Å²) in [6.45, 7) is 8.49. The summed E-state index contributed by atoms with van der Waals surface area (Å²) in [7, 11) is -4.20. The summed E-state index contributed by atoms with van der Waals surface area (Å²) in [4.78, 5) is 32.5. The van der Waals surface area contributed by atoms with Gasteiger partial charge in [0.05, 0.1) is 21.8 Å². The van der Waals surface area contributed by atoms with Gasteiger partial charge in [0.1, 0.15) is 11.6 Å². The number of carbonyl (C=O) groups is 2. The summed E-state index contributed by atoms with van der Waals surface area (Å²) in [6.07, 6.45) is 0.552. The van der Waals surface area contributed by atoms with E-state index in [1.165, 1.54) is 18.3 Å². The molecule has 1 aromatic carbocycles. The number of nitrogens with one attached hydrogen (secondary N) is 2. The molecule has 0 aliphatic carbocycles. The maximum absolute atomic E-state index is 12.9. The van der Waals surface area contributed by atoms with Crippen LogP contribution in [-0.2, 0) is 14.8 Å². The summed E-state index contributed by atoms with van der Waals surface area (Å²) in [6, 6.07) is 2.82. The van der Waals surface area contributed by atoms with E-state index in [0.29, 0.717) is 22.8 Å². The minimum atomic E-state index is -4.20. The van der Waals surface area contributed by atoms with Crippen LogP contribution in [0.5, 0.6) is 5.75 Å². The summed E-state index contributed by atoms with van der Waals surface area (Å²) in [5, 5.41) is 2.73. The average Bonchev–Trinajstić information content (AvgIpc) is 2.59. The topological polar surface area (TPSA) is 127 Å². The first-order valence-corrected chi connectivity index (χ1v) is 10.5. The second-order valence-corrected chi connectivity index (χ2v) is 8.89. The predicted octanol–water partition coefficient (Wildman–Crippen LogP) is 1.88. The third-order valence-corrected chi connectivity index (χ3v) is 5.99. The van der Waals surface area contributed by atoms with Crippen molar-refractivity contribution in [1.82, 2.24) is 14.7 Å². The van der Waals surface area contributed by atoms with Gasteiger partial charge in [-0.05, 0) is 38.3 Å². The van der Waals surface area contributed by atoms with Crippen LogP contribution in [0.15, 0.2) is 23.2 Å². The van der Waals surface area contributed by atoms with E-state index < -0.39 is 22.0 Å². The lowest BCUT2D eigenvalue weighted by molar-refractivity contribution is -0.125. The van der Waals surface area contributed by atoms with Gasteiger partial charge in [0.25, 0.3) is 21.8 Å². The summed E-state index contributed by atoms with van der Waals surface area (Å²) < 4.78 is 33.5. The van der Waals surface area contributed by atoms with Crippen molar-refractivity contribution in [3.8, 4) is 5.75 Å². The standard InChI is InChI=1S/C19H22N4O5S/c1-9(2)17-19(25)22-14-6-10(3)16(7-15(14)28-17)29(26,27)23-18(24)13-8-20-12(5)21-11(13)4/h6-9,17H,1-5H3,(H,22,25)(H,23,24)/t17-/m0/s1. The van der Waals surface area contributed by atoms with Gasteiger partial charge in [-0.3, -0.25) is 9.59 Å². The molecule has 0 spiro atoms. The molecule has 29 heavy (non-hydrogen) atoms. The zero-order valence-corrected chi connectivity index (χ0v) is 17.5. The smallest absolute Gasteiger partial charge is 0.268 e. The Balaban J connectivity index is 1.94. The van der Waals surface area contributed by atoms with Crippen molar-refractivity contribution in [1.29, 1.82) is 0 Å². The largest absolute Gasteiger partial charge is 0.478 e. The maximum Gasteiger partial charge on any atom is 0.268 e. The molecule has 0 saturated heterocycles. The minimum absolute atomic E-state index is 0.0678. The Hall–Kier alpha value is -3.01. The van der Waals surface area contributed by atoms with Crippen molar-refractivity contribution < 1.29 is 22.7 Å². The fourth-order valence-electron chi connectivity index (χ4n) is 3.03. The summed E-state index contributed by atoms with van der Waals surface area (Å²) >= 11 is 0. The number of aromatic nitrogens is 2. The molecule has 2 heterocycles. The van der Waals surface area contributed by atoms with Gasteiger partial charge in [-0.1, -0.05) is 13.8 Å². The molecule has 2 aromatic rings. The van der Waals surface area contributed by atoms with Crippen molar-refractivity contribution in [2.75, 3.05) is 5.32 Å². The number of ether oxygens (including phenoxy) is 1. The third-order valence-electron chi connectivity index (χ3n) is 4.51. The molecule has 3 rings (SSSR count). The molecule has 2 amide bonds. The highest BCUT2D eigenvalue weighted by Gasteiger charge is 2.32. The lowest BCUT2D eigenvalue weighted by Gasteiger charge is -2.29. The van der Waals surface area contributed by atoms with E-state index >= 15 is 0 Å². The molecule has 9 nitrogen and oxygen atoms in total. The summed E-state index contributed by atoms with van der Waals surface area (Å²) in [5.74, 6) is -0.504. The monoisotopic (exact) mass is 418 g/mol. The number of fused-ring (bicyclic) bond motifs is 1. The van der Waals surface area contributed by atoms with E-state index in [4.69, 9.17) is 4.74 Å². The van der Waals surface area contributed by atoms with Crippen LogP contribution in [0.1, 0.15) is 41.3 Å². The molecule has 0 bridgehead atoms. The van der Waals surface area contributed by atoms with Gasteiger partial charge < -0.3 is 10.1 Å². The first-order valence-electron chi connectivity index (χ1n) is 8.99. The Labute approximate surface area is 169 Å². The number of aryl methyl sites for hydroxylation is 3. The molecule has 1 atom stereocenters. The van der Waals surface area contributed by atoms with Gasteiger partial charge in [0.15, 0.2) is 6.10 Å². The van der Waals surface area contributed by atoms with Crippen LogP contribution in [0.3, 0.4) is 0 Å². The van der Waals surface area contributed by atoms with E-state index in [-0.39, 0.29) is 28.0 Å². The molecule has 1 aromatic heterocycles. The van der Waals surface area contributed by atoms with Gasteiger partial charge in [0.2, 0.25) is 0 Å². The summed E-state index contributed by atoms with van der Waals surface area (Å²) in [5.41, 5.74) is 1.18. The highest BCUT2D eigenvalue weighted by atomic mass is 32.2. The van der Waals surface area contributed by atoms with E-state index in [9.17, 15) is 18.0 Å². The second-order valence-electron chi connectivity index (χ2n) is 7.24. The van der Waals surface area contributed by atoms with Gasteiger partial charge in [0, 0.05) is 12.3 Å². The molecular weight excluding hydrogens is 396 g/mol.